The highest BCUT2D eigenvalue weighted by atomic mass is 32.1. The van der Waals surface area contributed by atoms with E-state index >= 15 is 0 Å². The highest BCUT2D eigenvalue weighted by molar-refractivity contribution is 7.13. The Hall–Kier alpha value is -2.80. The van der Waals surface area contributed by atoms with Gasteiger partial charge in [-0.15, -0.1) is 11.3 Å². The van der Waals surface area contributed by atoms with E-state index in [1.165, 1.54) is 11.1 Å². The fourth-order valence-corrected chi connectivity index (χ4v) is 3.77. The molecule has 0 fully saturated rings. The second-order valence-electron chi connectivity index (χ2n) is 6.53. The Kier molecular flexibility index (Phi) is 5.92. The van der Waals surface area contributed by atoms with Crippen molar-refractivity contribution in [3.8, 4) is 16.5 Å². The minimum absolute atomic E-state index is 0.473. The third-order valence-electron chi connectivity index (χ3n) is 4.49. The molecule has 1 aliphatic rings. The molecule has 0 aliphatic carbocycles. The molecule has 1 aliphatic heterocycles. The molecule has 0 unspecified atom stereocenters. The predicted molar refractivity (Wildman–Crippen MR) is 112 cm³/mol. The zero-order valence-corrected chi connectivity index (χ0v) is 16.7. The predicted octanol–water partition coefficient (Wildman–Crippen LogP) is 3.64. The molecule has 4 rings (SSSR count). The second kappa shape index (κ2) is 8.93. The molecule has 0 radical (unpaired) electrons. The standard InChI is InChI=1S/C21H24N4O2S/c1-2-22-21(23-9-7-15-5-6-18-16(12-15)8-10-26-18)24-13-17-14-27-20(25-17)19-4-3-11-28-19/h3-6,11-12,14H,2,7-10,13H2,1H3,(H2,22,23,24). The lowest BCUT2D eigenvalue weighted by atomic mass is 10.1. The van der Waals surface area contributed by atoms with Gasteiger partial charge < -0.3 is 19.8 Å². The van der Waals surface area contributed by atoms with Crippen LogP contribution in [-0.4, -0.2) is 30.6 Å². The third-order valence-corrected chi connectivity index (χ3v) is 5.34. The Morgan fingerprint density at radius 3 is 3.11 bits per heavy atom. The highest BCUT2D eigenvalue weighted by Gasteiger charge is 2.12. The lowest BCUT2D eigenvalue weighted by Crippen LogP contribution is -2.38. The van der Waals surface area contributed by atoms with Crippen LogP contribution < -0.4 is 15.4 Å². The Morgan fingerprint density at radius 1 is 1.29 bits per heavy atom. The number of rotatable bonds is 7. The molecule has 0 amide bonds. The quantitative estimate of drug-likeness (QED) is 0.471. The summed E-state index contributed by atoms with van der Waals surface area (Å²) in [6, 6.07) is 10.4. The van der Waals surface area contributed by atoms with E-state index in [2.05, 4.69) is 45.7 Å². The maximum Gasteiger partial charge on any atom is 0.236 e. The molecule has 2 aromatic heterocycles. The summed E-state index contributed by atoms with van der Waals surface area (Å²) < 4.78 is 11.1. The van der Waals surface area contributed by atoms with Crippen molar-refractivity contribution in [3.63, 3.8) is 0 Å². The van der Waals surface area contributed by atoms with E-state index in [0.717, 1.165) is 54.8 Å². The van der Waals surface area contributed by atoms with Gasteiger partial charge in [-0.1, -0.05) is 18.2 Å². The van der Waals surface area contributed by atoms with Gasteiger partial charge in [-0.2, -0.15) is 0 Å². The van der Waals surface area contributed by atoms with Crippen LogP contribution in [0.1, 0.15) is 23.7 Å². The van der Waals surface area contributed by atoms with Gasteiger partial charge in [0.05, 0.1) is 18.0 Å². The van der Waals surface area contributed by atoms with Crippen LogP contribution in [0.4, 0.5) is 0 Å². The molecular weight excluding hydrogens is 372 g/mol. The average molecular weight is 397 g/mol. The molecule has 6 nitrogen and oxygen atoms in total. The van der Waals surface area contributed by atoms with E-state index in [1.54, 1.807) is 17.6 Å². The number of benzene rings is 1. The van der Waals surface area contributed by atoms with Crippen molar-refractivity contribution >= 4 is 17.3 Å². The van der Waals surface area contributed by atoms with Crippen molar-refractivity contribution < 1.29 is 9.15 Å². The Bertz CT molecular complexity index is 934. The van der Waals surface area contributed by atoms with Gasteiger partial charge >= 0.3 is 0 Å². The van der Waals surface area contributed by atoms with Crippen molar-refractivity contribution in [3.05, 3.63) is 58.8 Å². The number of thiophene rings is 1. The van der Waals surface area contributed by atoms with E-state index in [1.807, 2.05) is 17.5 Å². The molecule has 0 atom stereocenters. The topological polar surface area (TPSA) is 71.7 Å². The summed E-state index contributed by atoms with van der Waals surface area (Å²) in [7, 11) is 0. The molecule has 2 N–H and O–H groups in total. The monoisotopic (exact) mass is 396 g/mol. The number of guanidine groups is 1. The highest BCUT2D eigenvalue weighted by Crippen LogP contribution is 2.26. The summed E-state index contributed by atoms with van der Waals surface area (Å²) in [5.74, 6) is 2.47. The van der Waals surface area contributed by atoms with Gasteiger partial charge in [-0.3, -0.25) is 0 Å². The molecule has 0 bridgehead atoms. The van der Waals surface area contributed by atoms with E-state index in [4.69, 9.17) is 9.15 Å². The fourth-order valence-electron chi connectivity index (χ4n) is 3.12. The summed E-state index contributed by atoms with van der Waals surface area (Å²) in [5.41, 5.74) is 3.44. The Balaban J connectivity index is 1.32. The van der Waals surface area contributed by atoms with Gasteiger partial charge in [0.1, 0.15) is 17.7 Å². The van der Waals surface area contributed by atoms with Crippen LogP contribution in [0.25, 0.3) is 10.8 Å². The number of fused-ring (bicyclic) bond motifs is 1. The number of hydrogen-bond donors (Lipinski definition) is 2. The van der Waals surface area contributed by atoms with Crippen molar-refractivity contribution in [2.24, 2.45) is 4.99 Å². The van der Waals surface area contributed by atoms with Crippen LogP contribution in [0.3, 0.4) is 0 Å². The maximum absolute atomic E-state index is 5.57. The SMILES string of the molecule is CCNC(=NCc1coc(-c2cccs2)n1)NCCc1ccc2c(c1)CCO2. The molecule has 7 heteroatoms. The zero-order valence-electron chi connectivity index (χ0n) is 15.9. The summed E-state index contributed by atoms with van der Waals surface area (Å²) in [4.78, 5) is 10.2. The molecule has 0 spiro atoms. The van der Waals surface area contributed by atoms with Gasteiger partial charge in [-0.05, 0) is 42.0 Å². The molecular formula is C21H24N4O2S. The normalized spacial score (nSPS) is 13.2. The van der Waals surface area contributed by atoms with Crippen molar-refractivity contribution in [1.29, 1.82) is 0 Å². The number of nitrogens with zero attached hydrogens (tertiary/aromatic N) is 2. The van der Waals surface area contributed by atoms with Crippen LogP contribution in [0.5, 0.6) is 5.75 Å². The van der Waals surface area contributed by atoms with Gasteiger partial charge in [0, 0.05) is 19.5 Å². The van der Waals surface area contributed by atoms with Crippen LogP contribution in [0.15, 0.2) is 51.4 Å². The van der Waals surface area contributed by atoms with Crippen molar-refractivity contribution in [1.82, 2.24) is 15.6 Å². The average Bonchev–Trinajstić information content (AvgIpc) is 3.46. The minimum Gasteiger partial charge on any atom is -0.493 e. The van der Waals surface area contributed by atoms with Gasteiger partial charge in [0.2, 0.25) is 5.89 Å². The first kappa shape index (κ1) is 18.6. The van der Waals surface area contributed by atoms with Crippen LogP contribution in [0, 0.1) is 0 Å². The Morgan fingerprint density at radius 2 is 2.25 bits per heavy atom. The van der Waals surface area contributed by atoms with E-state index < -0.39 is 0 Å². The van der Waals surface area contributed by atoms with Crippen molar-refractivity contribution in [2.75, 3.05) is 19.7 Å². The molecule has 146 valence electrons. The largest absolute Gasteiger partial charge is 0.493 e. The molecule has 1 aromatic carbocycles. The zero-order chi connectivity index (χ0) is 19.2. The molecule has 0 saturated carbocycles. The number of ether oxygens (including phenoxy) is 1. The molecule has 3 aromatic rings. The van der Waals surface area contributed by atoms with E-state index in [-0.39, 0.29) is 0 Å². The second-order valence-corrected chi connectivity index (χ2v) is 7.48. The molecule has 3 heterocycles. The Labute approximate surface area is 168 Å². The summed E-state index contributed by atoms with van der Waals surface area (Å²) in [6.07, 6.45) is 3.62. The van der Waals surface area contributed by atoms with Crippen LogP contribution in [0.2, 0.25) is 0 Å². The fraction of sp³-hybridized carbons (Fsp3) is 0.333. The van der Waals surface area contributed by atoms with Gasteiger partial charge in [-0.25, -0.2) is 9.98 Å². The molecule has 28 heavy (non-hydrogen) atoms. The van der Waals surface area contributed by atoms with E-state index in [0.29, 0.717) is 12.4 Å². The van der Waals surface area contributed by atoms with Crippen LogP contribution in [-0.2, 0) is 19.4 Å². The summed E-state index contributed by atoms with van der Waals surface area (Å²) in [5, 5.41) is 8.68. The lowest BCUT2D eigenvalue weighted by Gasteiger charge is -2.11. The third kappa shape index (κ3) is 4.54. The number of hydrogen-bond acceptors (Lipinski definition) is 5. The first-order chi connectivity index (χ1) is 13.8. The van der Waals surface area contributed by atoms with Gasteiger partial charge in [0.15, 0.2) is 5.96 Å². The number of nitrogens with one attached hydrogen (secondary N) is 2. The smallest absolute Gasteiger partial charge is 0.236 e. The molecule has 0 saturated heterocycles. The van der Waals surface area contributed by atoms with Gasteiger partial charge in [0.25, 0.3) is 0 Å². The summed E-state index contributed by atoms with van der Waals surface area (Å²) in [6.45, 7) is 4.94. The minimum atomic E-state index is 0.473. The summed E-state index contributed by atoms with van der Waals surface area (Å²) >= 11 is 1.61. The van der Waals surface area contributed by atoms with Crippen molar-refractivity contribution in [2.45, 2.75) is 26.3 Å². The first-order valence-corrected chi connectivity index (χ1v) is 10.4. The number of aromatic nitrogens is 1. The van der Waals surface area contributed by atoms with E-state index in [9.17, 15) is 0 Å². The van der Waals surface area contributed by atoms with Crippen LogP contribution >= 0.6 is 11.3 Å². The lowest BCUT2D eigenvalue weighted by molar-refractivity contribution is 0.357. The first-order valence-electron chi connectivity index (χ1n) is 9.57. The number of aliphatic imine (C=N–C) groups is 1. The maximum atomic E-state index is 5.57. The number of oxazole rings is 1.